The van der Waals surface area contributed by atoms with Crippen LogP contribution in [0.4, 0.5) is 10.1 Å². The van der Waals surface area contributed by atoms with Gasteiger partial charge in [0.25, 0.3) is 0 Å². The lowest BCUT2D eigenvalue weighted by Crippen LogP contribution is -2.40. The Morgan fingerprint density at radius 2 is 2.11 bits per heavy atom. The van der Waals surface area contributed by atoms with Crippen LogP contribution < -0.4 is 5.32 Å². The van der Waals surface area contributed by atoms with E-state index >= 15 is 0 Å². The number of thiazole rings is 1. The molecule has 0 saturated carbocycles. The predicted octanol–water partition coefficient (Wildman–Crippen LogP) is 1.37. The molecule has 1 aromatic carbocycles. The third-order valence-corrected chi connectivity index (χ3v) is 6.64. The summed E-state index contributed by atoms with van der Waals surface area (Å²) in [5.74, 6) is -0.355. The molecule has 0 radical (unpaired) electrons. The van der Waals surface area contributed by atoms with Crippen LogP contribution in [-0.2, 0) is 14.8 Å². The first-order valence-electron chi connectivity index (χ1n) is 7.93. The molecule has 1 aliphatic rings. The van der Waals surface area contributed by atoms with Crippen LogP contribution in [0.1, 0.15) is 10.4 Å². The number of hydrogen-bond donors (Lipinski definition) is 1. The van der Waals surface area contributed by atoms with Crippen molar-refractivity contribution in [3.63, 3.8) is 0 Å². The number of hydrogen-bond acceptors (Lipinski definition) is 9. The topological polar surface area (TPSA) is 132 Å². The summed E-state index contributed by atoms with van der Waals surface area (Å²) >= 11 is 0.816. The van der Waals surface area contributed by atoms with Gasteiger partial charge in [0.15, 0.2) is 10.9 Å². The number of morpholine rings is 1. The molecular formula is C15H16N4O6S2. The van der Waals surface area contributed by atoms with E-state index in [0.29, 0.717) is 13.2 Å². The molecule has 1 aliphatic heterocycles. The van der Waals surface area contributed by atoms with E-state index in [-0.39, 0.29) is 46.0 Å². The normalized spacial score (nSPS) is 15.4. The minimum Gasteiger partial charge on any atom is -0.379 e. The molecule has 1 N–H and O–H groups in total. The monoisotopic (exact) mass is 412 g/mol. The third-order valence-electron chi connectivity index (χ3n) is 3.84. The second-order valence-corrected chi connectivity index (χ2v) is 8.53. The molecule has 2 aromatic rings. The van der Waals surface area contributed by atoms with E-state index in [2.05, 4.69) is 10.3 Å². The Morgan fingerprint density at radius 1 is 1.37 bits per heavy atom. The Bertz CT molecular complexity index is 953. The maximum Gasteiger partial charge on any atom is 0.345 e. The van der Waals surface area contributed by atoms with Crippen LogP contribution >= 0.6 is 11.3 Å². The Hall–Kier alpha value is -2.41. The Kier molecular flexibility index (Phi) is 5.79. The number of Topliss-reactive ketones (excluding diaryl/α,β-unsaturated/α-hetero) is 1. The van der Waals surface area contributed by atoms with Crippen LogP contribution in [0.15, 0.2) is 35.4 Å². The highest BCUT2D eigenvalue weighted by Gasteiger charge is 2.26. The van der Waals surface area contributed by atoms with Crippen LogP contribution in [0.5, 0.6) is 0 Å². The second-order valence-electron chi connectivity index (χ2n) is 5.58. The van der Waals surface area contributed by atoms with Gasteiger partial charge in [0, 0.05) is 18.7 Å². The molecule has 0 atom stereocenters. The van der Waals surface area contributed by atoms with Crippen molar-refractivity contribution in [1.82, 2.24) is 9.29 Å². The predicted molar refractivity (Wildman–Crippen MR) is 97.6 cm³/mol. The van der Waals surface area contributed by atoms with Gasteiger partial charge in [-0.25, -0.2) is 13.4 Å². The number of benzene rings is 1. The van der Waals surface area contributed by atoms with Crippen LogP contribution in [0, 0.1) is 10.1 Å². The largest absolute Gasteiger partial charge is 0.379 e. The van der Waals surface area contributed by atoms with E-state index in [0.717, 1.165) is 17.5 Å². The van der Waals surface area contributed by atoms with Gasteiger partial charge in [0.2, 0.25) is 10.0 Å². The molecule has 1 saturated heterocycles. The van der Waals surface area contributed by atoms with Gasteiger partial charge in [-0.3, -0.25) is 14.9 Å². The van der Waals surface area contributed by atoms with Gasteiger partial charge in [-0.15, -0.1) is 0 Å². The lowest BCUT2D eigenvalue weighted by Gasteiger charge is -2.26. The summed E-state index contributed by atoms with van der Waals surface area (Å²) in [5, 5.41) is 13.5. The summed E-state index contributed by atoms with van der Waals surface area (Å²) in [6.45, 7) is 1.05. The molecule has 3 rings (SSSR count). The number of rotatable bonds is 7. The van der Waals surface area contributed by atoms with Gasteiger partial charge in [-0.1, -0.05) is 12.1 Å². The molecule has 0 amide bonds. The van der Waals surface area contributed by atoms with Crippen molar-refractivity contribution < 1.29 is 22.9 Å². The number of anilines is 1. The number of ether oxygens (including phenoxy) is 1. The maximum absolute atomic E-state index is 12.7. The fraction of sp³-hybridized carbons (Fsp3) is 0.333. The van der Waals surface area contributed by atoms with E-state index in [1.807, 2.05) is 0 Å². The summed E-state index contributed by atoms with van der Waals surface area (Å²) in [6, 6.07) is 5.81. The number of nitro groups is 1. The van der Waals surface area contributed by atoms with E-state index in [1.54, 1.807) is 0 Å². The van der Waals surface area contributed by atoms with Crippen molar-refractivity contribution in [2.45, 2.75) is 4.90 Å². The van der Waals surface area contributed by atoms with Gasteiger partial charge < -0.3 is 10.1 Å². The maximum atomic E-state index is 12.7. The molecule has 2 heterocycles. The van der Waals surface area contributed by atoms with Gasteiger partial charge in [-0.05, 0) is 23.5 Å². The zero-order chi connectivity index (χ0) is 19.4. The first-order valence-corrected chi connectivity index (χ1v) is 10.2. The highest BCUT2D eigenvalue weighted by molar-refractivity contribution is 7.89. The van der Waals surface area contributed by atoms with Crippen LogP contribution in [-0.4, -0.2) is 61.3 Å². The average molecular weight is 412 g/mol. The number of carbonyl (C=O) groups is 1. The van der Waals surface area contributed by atoms with Crippen molar-refractivity contribution in [1.29, 1.82) is 0 Å². The van der Waals surface area contributed by atoms with Crippen molar-refractivity contribution in [2.24, 2.45) is 0 Å². The summed E-state index contributed by atoms with van der Waals surface area (Å²) in [6.07, 6.45) is 1.10. The summed E-state index contributed by atoms with van der Waals surface area (Å²) in [5.41, 5.74) is 0.225. The van der Waals surface area contributed by atoms with Crippen LogP contribution in [0.3, 0.4) is 0 Å². The highest BCUT2D eigenvalue weighted by Crippen LogP contribution is 2.25. The van der Waals surface area contributed by atoms with Crippen molar-refractivity contribution in [2.75, 3.05) is 38.2 Å². The van der Waals surface area contributed by atoms with E-state index in [9.17, 15) is 23.3 Å². The van der Waals surface area contributed by atoms with Crippen molar-refractivity contribution in [3.05, 3.63) is 46.1 Å². The summed E-state index contributed by atoms with van der Waals surface area (Å²) in [7, 11) is -3.70. The molecule has 0 aliphatic carbocycles. The minimum absolute atomic E-state index is 0.0418. The highest BCUT2D eigenvalue weighted by atomic mass is 32.2. The molecule has 1 aromatic heterocycles. The standard InChI is InChI=1S/C15H16N4O6S2/c20-13(9-16-15-17-10-14(26-15)19(21)22)11-2-1-3-12(8-11)27(23,24)18-4-6-25-7-5-18/h1-3,8,10H,4-7,9H2,(H,16,17). The van der Waals surface area contributed by atoms with Crippen molar-refractivity contribution >= 4 is 37.3 Å². The lowest BCUT2D eigenvalue weighted by molar-refractivity contribution is -0.380. The van der Waals surface area contributed by atoms with Gasteiger partial charge in [-0.2, -0.15) is 4.31 Å². The van der Waals surface area contributed by atoms with Crippen molar-refractivity contribution in [3.8, 4) is 0 Å². The minimum atomic E-state index is -3.70. The lowest BCUT2D eigenvalue weighted by atomic mass is 10.1. The van der Waals surface area contributed by atoms with Gasteiger partial charge in [0.05, 0.1) is 29.6 Å². The quantitative estimate of drug-likeness (QED) is 0.410. The molecular weight excluding hydrogens is 396 g/mol. The SMILES string of the molecule is O=C(CNc1ncc([N+](=O)[O-])s1)c1cccc(S(=O)(=O)N2CCOCC2)c1. The number of nitrogens with zero attached hydrogens (tertiary/aromatic N) is 3. The Balaban J connectivity index is 1.70. The van der Waals surface area contributed by atoms with Gasteiger partial charge in [0.1, 0.15) is 6.20 Å². The first-order chi connectivity index (χ1) is 12.9. The Labute approximate surface area is 159 Å². The van der Waals surface area contributed by atoms with E-state index in [1.165, 1.54) is 28.6 Å². The number of nitrogens with one attached hydrogen (secondary N) is 1. The fourth-order valence-electron chi connectivity index (χ4n) is 2.46. The van der Waals surface area contributed by atoms with Gasteiger partial charge >= 0.3 is 5.00 Å². The molecule has 144 valence electrons. The summed E-state index contributed by atoms with van der Waals surface area (Å²) in [4.78, 5) is 26.3. The van der Waals surface area contributed by atoms with E-state index < -0.39 is 14.9 Å². The zero-order valence-electron chi connectivity index (χ0n) is 14.0. The molecule has 0 spiro atoms. The third kappa shape index (κ3) is 4.47. The fourth-order valence-corrected chi connectivity index (χ4v) is 4.54. The van der Waals surface area contributed by atoms with E-state index in [4.69, 9.17) is 4.74 Å². The number of carbonyl (C=O) groups excluding carboxylic acids is 1. The Morgan fingerprint density at radius 3 is 2.78 bits per heavy atom. The number of aromatic nitrogens is 1. The van der Waals surface area contributed by atoms with Crippen LogP contribution in [0.2, 0.25) is 0 Å². The molecule has 10 nitrogen and oxygen atoms in total. The van der Waals surface area contributed by atoms with Crippen LogP contribution in [0.25, 0.3) is 0 Å². The molecule has 0 unspecified atom stereocenters. The smallest absolute Gasteiger partial charge is 0.345 e. The first kappa shape index (κ1) is 19.4. The second kappa shape index (κ2) is 8.08. The zero-order valence-corrected chi connectivity index (χ0v) is 15.7. The summed E-state index contributed by atoms with van der Waals surface area (Å²) < 4.78 is 31.9. The number of sulfonamides is 1. The molecule has 12 heteroatoms. The molecule has 0 bridgehead atoms. The molecule has 27 heavy (non-hydrogen) atoms. The average Bonchev–Trinajstić information content (AvgIpc) is 3.16. The molecule has 1 fully saturated rings. The number of ketones is 1.